The summed E-state index contributed by atoms with van der Waals surface area (Å²) in [6.07, 6.45) is 8.24. The second kappa shape index (κ2) is 9.43. The summed E-state index contributed by atoms with van der Waals surface area (Å²) in [7, 11) is 0. The first-order valence-electron chi connectivity index (χ1n) is 10.5. The number of para-hydroxylation sites is 1. The van der Waals surface area contributed by atoms with Crippen molar-refractivity contribution >= 4 is 17.7 Å². The Balaban J connectivity index is 1.57. The second-order valence-corrected chi connectivity index (χ2v) is 8.84. The fourth-order valence-electron chi connectivity index (χ4n) is 3.99. The molecule has 0 unspecified atom stereocenters. The average Bonchev–Trinajstić information content (AvgIpc) is 3.18. The lowest BCUT2D eigenvalue weighted by Crippen LogP contribution is -2.41. The van der Waals surface area contributed by atoms with E-state index in [1.165, 1.54) is 31.0 Å². The van der Waals surface area contributed by atoms with E-state index in [1.54, 1.807) is 12.4 Å². The SMILES string of the molecule is Cc1ccccc1-n1c(SCC(=O)N[C@@H]2CCCC[C@@H]2C)nnc1-c1cccnc1. The van der Waals surface area contributed by atoms with Crippen molar-refractivity contribution in [1.82, 2.24) is 25.1 Å². The summed E-state index contributed by atoms with van der Waals surface area (Å²) in [5.74, 6) is 1.64. The van der Waals surface area contributed by atoms with Crippen LogP contribution < -0.4 is 5.32 Å². The largest absolute Gasteiger partial charge is 0.352 e. The molecule has 0 saturated heterocycles. The maximum Gasteiger partial charge on any atom is 0.230 e. The lowest BCUT2D eigenvalue weighted by molar-refractivity contribution is -0.119. The molecule has 1 amide bonds. The number of thioether (sulfide) groups is 1. The van der Waals surface area contributed by atoms with Gasteiger partial charge in [-0.15, -0.1) is 10.2 Å². The van der Waals surface area contributed by atoms with Gasteiger partial charge in [-0.1, -0.05) is 49.7 Å². The summed E-state index contributed by atoms with van der Waals surface area (Å²) in [6, 6.07) is 12.3. The minimum Gasteiger partial charge on any atom is -0.352 e. The highest BCUT2D eigenvalue weighted by atomic mass is 32.2. The van der Waals surface area contributed by atoms with Crippen molar-refractivity contribution in [3.05, 3.63) is 54.4 Å². The van der Waals surface area contributed by atoms with Crippen molar-refractivity contribution in [2.45, 2.75) is 50.7 Å². The van der Waals surface area contributed by atoms with E-state index in [2.05, 4.69) is 40.4 Å². The molecule has 1 aliphatic rings. The molecule has 2 aromatic heterocycles. The van der Waals surface area contributed by atoms with Crippen molar-refractivity contribution < 1.29 is 4.79 Å². The number of aryl methyl sites for hydroxylation is 1. The first-order valence-corrected chi connectivity index (χ1v) is 11.5. The molecule has 1 N–H and O–H groups in total. The smallest absolute Gasteiger partial charge is 0.230 e. The van der Waals surface area contributed by atoms with Gasteiger partial charge in [-0.2, -0.15) is 0 Å². The van der Waals surface area contributed by atoms with Crippen LogP contribution in [0.15, 0.2) is 53.9 Å². The fourth-order valence-corrected chi connectivity index (χ4v) is 4.74. The molecule has 2 heterocycles. The van der Waals surface area contributed by atoms with Gasteiger partial charge >= 0.3 is 0 Å². The maximum absolute atomic E-state index is 12.6. The number of nitrogens with zero attached hydrogens (tertiary/aromatic N) is 4. The quantitative estimate of drug-likeness (QED) is 0.596. The Morgan fingerprint density at radius 1 is 1.17 bits per heavy atom. The molecule has 6 nitrogen and oxygen atoms in total. The Hall–Kier alpha value is -2.67. The Labute approximate surface area is 181 Å². The molecule has 1 saturated carbocycles. The molecule has 1 aliphatic carbocycles. The van der Waals surface area contributed by atoms with Gasteiger partial charge in [0.25, 0.3) is 0 Å². The number of hydrogen-bond donors (Lipinski definition) is 1. The predicted molar refractivity (Wildman–Crippen MR) is 120 cm³/mol. The van der Waals surface area contributed by atoms with Crippen LogP contribution in [0.3, 0.4) is 0 Å². The molecule has 3 aromatic rings. The van der Waals surface area contributed by atoms with Gasteiger partial charge in [-0.25, -0.2) is 0 Å². The van der Waals surface area contributed by atoms with Crippen LogP contribution in [0.2, 0.25) is 0 Å². The van der Waals surface area contributed by atoms with Crippen LogP contribution in [0.5, 0.6) is 0 Å². The molecule has 0 spiro atoms. The molecule has 4 rings (SSSR count). The van der Waals surface area contributed by atoms with Gasteiger partial charge in [0, 0.05) is 24.0 Å². The van der Waals surface area contributed by atoms with Crippen LogP contribution in [0.4, 0.5) is 0 Å². The van der Waals surface area contributed by atoms with Crippen LogP contribution in [0.25, 0.3) is 17.1 Å². The molecule has 156 valence electrons. The highest BCUT2D eigenvalue weighted by Crippen LogP contribution is 2.29. The molecule has 30 heavy (non-hydrogen) atoms. The second-order valence-electron chi connectivity index (χ2n) is 7.89. The van der Waals surface area contributed by atoms with E-state index in [0.717, 1.165) is 29.1 Å². The predicted octanol–water partition coefficient (Wildman–Crippen LogP) is 4.42. The molecule has 7 heteroatoms. The number of rotatable bonds is 6. The Kier molecular flexibility index (Phi) is 6.47. The van der Waals surface area contributed by atoms with Gasteiger partial charge in [-0.3, -0.25) is 14.3 Å². The summed E-state index contributed by atoms with van der Waals surface area (Å²) in [4.78, 5) is 16.8. The zero-order valence-electron chi connectivity index (χ0n) is 17.4. The first-order chi connectivity index (χ1) is 14.6. The zero-order valence-corrected chi connectivity index (χ0v) is 18.2. The van der Waals surface area contributed by atoms with Gasteiger partial charge in [0.1, 0.15) is 0 Å². The minimum absolute atomic E-state index is 0.0565. The molecule has 1 aromatic carbocycles. The van der Waals surface area contributed by atoms with Crippen LogP contribution in [-0.4, -0.2) is 37.5 Å². The number of aromatic nitrogens is 4. The molecule has 2 atom stereocenters. The summed E-state index contributed by atoms with van der Waals surface area (Å²) in [6.45, 7) is 4.29. The van der Waals surface area contributed by atoms with Crippen molar-refractivity contribution in [2.75, 3.05) is 5.75 Å². The van der Waals surface area contributed by atoms with Crippen LogP contribution in [-0.2, 0) is 4.79 Å². The van der Waals surface area contributed by atoms with Crippen molar-refractivity contribution in [1.29, 1.82) is 0 Å². The van der Waals surface area contributed by atoms with E-state index in [-0.39, 0.29) is 11.9 Å². The maximum atomic E-state index is 12.6. The molecule has 0 bridgehead atoms. The van der Waals surface area contributed by atoms with Gasteiger partial charge in [0.2, 0.25) is 5.91 Å². The lowest BCUT2D eigenvalue weighted by atomic mass is 9.86. The molecule has 0 aliphatic heterocycles. The third-order valence-electron chi connectivity index (χ3n) is 5.70. The minimum atomic E-state index is 0.0565. The summed E-state index contributed by atoms with van der Waals surface area (Å²) in [5.41, 5.74) is 3.01. The van der Waals surface area contributed by atoms with E-state index < -0.39 is 0 Å². The van der Waals surface area contributed by atoms with Gasteiger partial charge < -0.3 is 5.32 Å². The van der Waals surface area contributed by atoms with E-state index in [1.807, 2.05) is 34.9 Å². The number of amides is 1. The summed E-state index contributed by atoms with van der Waals surface area (Å²) in [5, 5.41) is 12.8. The normalized spacial score (nSPS) is 18.9. The van der Waals surface area contributed by atoms with Gasteiger partial charge in [0.15, 0.2) is 11.0 Å². The monoisotopic (exact) mass is 421 g/mol. The number of pyridine rings is 1. The topological polar surface area (TPSA) is 72.7 Å². The summed E-state index contributed by atoms with van der Waals surface area (Å²) < 4.78 is 2.02. The zero-order chi connectivity index (χ0) is 20.9. The number of carbonyl (C=O) groups is 1. The molecular weight excluding hydrogens is 394 g/mol. The standard InChI is InChI=1S/C23H27N5OS/c1-16-8-3-5-11-19(16)25-21(29)15-30-23-27-26-22(18-10-7-13-24-14-18)28(23)20-12-6-4-9-17(20)2/h4,6-7,9-10,12-14,16,19H,3,5,8,11,15H2,1-2H3,(H,25,29)/t16-,19+/m0/s1. The van der Waals surface area contributed by atoms with E-state index in [0.29, 0.717) is 16.8 Å². The highest BCUT2D eigenvalue weighted by molar-refractivity contribution is 7.99. The molecule has 1 fully saturated rings. The van der Waals surface area contributed by atoms with Crippen LogP contribution in [0.1, 0.15) is 38.2 Å². The Morgan fingerprint density at radius 2 is 2.00 bits per heavy atom. The number of nitrogens with one attached hydrogen (secondary N) is 1. The molecular formula is C23H27N5OS. The van der Waals surface area contributed by atoms with E-state index >= 15 is 0 Å². The van der Waals surface area contributed by atoms with Crippen LogP contribution in [0, 0.1) is 12.8 Å². The van der Waals surface area contributed by atoms with Gasteiger partial charge in [-0.05, 0) is 49.4 Å². The van der Waals surface area contributed by atoms with Crippen LogP contribution >= 0.6 is 11.8 Å². The third kappa shape index (κ3) is 4.56. The van der Waals surface area contributed by atoms with Crippen molar-refractivity contribution in [2.24, 2.45) is 5.92 Å². The number of benzene rings is 1. The Bertz CT molecular complexity index is 1000. The molecule has 0 radical (unpaired) electrons. The fraction of sp³-hybridized carbons (Fsp3) is 0.391. The highest BCUT2D eigenvalue weighted by Gasteiger charge is 2.24. The van der Waals surface area contributed by atoms with Crippen molar-refractivity contribution in [3.63, 3.8) is 0 Å². The lowest BCUT2D eigenvalue weighted by Gasteiger charge is -2.29. The van der Waals surface area contributed by atoms with Crippen molar-refractivity contribution in [3.8, 4) is 17.1 Å². The van der Waals surface area contributed by atoms with E-state index in [9.17, 15) is 4.79 Å². The third-order valence-corrected chi connectivity index (χ3v) is 6.63. The average molecular weight is 422 g/mol. The Morgan fingerprint density at radius 3 is 2.77 bits per heavy atom. The number of hydrogen-bond acceptors (Lipinski definition) is 5. The van der Waals surface area contributed by atoms with Gasteiger partial charge in [0.05, 0.1) is 11.4 Å². The first kappa shape index (κ1) is 20.6. The summed E-state index contributed by atoms with van der Waals surface area (Å²) >= 11 is 1.42. The van der Waals surface area contributed by atoms with E-state index in [4.69, 9.17) is 0 Å². The number of carbonyl (C=O) groups excluding carboxylic acids is 1.